The molecule has 5 heteroatoms. The van der Waals surface area contributed by atoms with Gasteiger partial charge in [0.1, 0.15) is 5.56 Å². The zero-order chi connectivity index (χ0) is 16.4. The van der Waals surface area contributed by atoms with Gasteiger partial charge in [-0.1, -0.05) is 37.3 Å². The first-order valence-electron chi connectivity index (χ1n) is 7.78. The van der Waals surface area contributed by atoms with Gasteiger partial charge in [-0.05, 0) is 31.9 Å². The van der Waals surface area contributed by atoms with Crippen molar-refractivity contribution in [1.29, 1.82) is 0 Å². The third-order valence-corrected chi connectivity index (χ3v) is 3.94. The Morgan fingerprint density at radius 3 is 2.70 bits per heavy atom. The third-order valence-electron chi connectivity index (χ3n) is 3.94. The highest BCUT2D eigenvalue weighted by molar-refractivity contribution is 5.99. The topological polar surface area (TPSA) is 59.3 Å². The van der Waals surface area contributed by atoms with Crippen molar-refractivity contribution in [3.8, 4) is 0 Å². The molecule has 3 rings (SSSR count). The molecule has 23 heavy (non-hydrogen) atoms. The molecular formula is C18H20N4O. The minimum Gasteiger partial charge on any atom is -0.345 e. The fraction of sp³-hybridized carbons (Fsp3) is 0.278. The van der Waals surface area contributed by atoms with Gasteiger partial charge in [-0.15, -0.1) is 0 Å². The summed E-state index contributed by atoms with van der Waals surface area (Å²) in [5.41, 5.74) is 4.04. The molecule has 2 aromatic heterocycles. The molecule has 0 fully saturated rings. The van der Waals surface area contributed by atoms with E-state index in [-0.39, 0.29) is 11.9 Å². The number of hydrogen-bond donors (Lipinski definition) is 1. The van der Waals surface area contributed by atoms with Gasteiger partial charge < -0.3 is 5.32 Å². The van der Waals surface area contributed by atoms with Crippen molar-refractivity contribution in [2.75, 3.05) is 0 Å². The zero-order valence-electron chi connectivity index (χ0n) is 13.6. The molecule has 0 radical (unpaired) electrons. The van der Waals surface area contributed by atoms with Crippen LogP contribution in [0, 0.1) is 13.8 Å². The SMILES string of the molecule is CCC(NC(=O)c1cnn2c(C)cc(C)nc12)c1ccccc1. The Kier molecular flexibility index (Phi) is 4.10. The Morgan fingerprint density at radius 2 is 2.00 bits per heavy atom. The Hall–Kier alpha value is -2.69. The number of rotatable bonds is 4. The molecule has 0 saturated heterocycles. The van der Waals surface area contributed by atoms with Crippen LogP contribution in [-0.4, -0.2) is 20.5 Å². The average molecular weight is 308 g/mol. The Balaban J connectivity index is 1.92. The van der Waals surface area contributed by atoms with Crippen molar-refractivity contribution in [2.45, 2.75) is 33.2 Å². The maximum absolute atomic E-state index is 12.7. The highest BCUT2D eigenvalue weighted by atomic mass is 16.1. The molecule has 0 bridgehead atoms. The first-order chi connectivity index (χ1) is 11.1. The van der Waals surface area contributed by atoms with Gasteiger partial charge in [0.2, 0.25) is 0 Å². The molecule has 0 aliphatic carbocycles. The second kappa shape index (κ2) is 6.20. The summed E-state index contributed by atoms with van der Waals surface area (Å²) in [6, 6.07) is 11.9. The van der Waals surface area contributed by atoms with Crippen molar-refractivity contribution in [2.24, 2.45) is 0 Å². The van der Waals surface area contributed by atoms with Crippen LogP contribution in [-0.2, 0) is 0 Å². The Morgan fingerprint density at radius 1 is 1.26 bits per heavy atom. The van der Waals surface area contributed by atoms with Gasteiger partial charge in [-0.2, -0.15) is 5.10 Å². The summed E-state index contributed by atoms with van der Waals surface area (Å²) in [7, 11) is 0. The van der Waals surface area contributed by atoms with E-state index in [2.05, 4.69) is 22.3 Å². The molecule has 1 atom stereocenters. The second-order valence-corrected chi connectivity index (χ2v) is 5.68. The van der Waals surface area contributed by atoms with Gasteiger partial charge in [-0.25, -0.2) is 9.50 Å². The monoisotopic (exact) mass is 308 g/mol. The van der Waals surface area contributed by atoms with Crippen LogP contribution in [0.4, 0.5) is 0 Å². The smallest absolute Gasteiger partial charge is 0.257 e. The lowest BCUT2D eigenvalue weighted by Crippen LogP contribution is -2.28. The van der Waals surface area contributed by atoms with E-state index in [1.165, 1.54) is 0 Å². The molecule has 3 aromatic rings. The average Bonchev–Trinajstić information content (AvgIpc) is 2.97. The number of amides is 1. The molecule has 1 unspecified atom stereocenters. The van der Waals surface area contributed by atoms with Crippen molar-refractivity contribution in [1.82, 2.24) is 19.9 Å². The van der Waals surface area contributed by atoms with Gasteiger partial charge in [0.05, 0.1) is 12.2 Å². The second-order valence-electron chi connectivity index (χ2n) is 5.68. The molecule has 0 spiro atoms. The molecule has 1 N–H and O–H groups in total. The number of nitrogens with zero attached hydrogens (tertiary/aromatic N) is 3. The summed E-state index contributed by atoms with van der Waals surface area (Å²) >= 11 is 0. The lowest BCUT2D eigenvalue weighted by molar-refractivity contribution is 0.0937. The predicted octanol–water partition coefficient (Wildman–Crippen LogP) is 3.23. The van der Waals surface area contributed by atoms with Crippen molar-refractivity contribution >= 4 is 11.6 Å². The Labute approximate surface area is 135 Å². The van der Waals surface area contributed by atoms with E-state index < -0.39 is 0 Å². The summed E-state index contributed by atoms with van der Waals surface area (Å²) in [5, 5.41) is 7.36. The molecule has 1 aromatic carbocycles. The van der Waals surface area contributed by atoms with Crippen molar-refractivity contribution < 1.29 is 4.79 Å². The largest absolute Gasteiger partial charge is 0.345 e. The summed E-state index contributed by atoms with van der Waals surface area (Å²) in [4.78, 5) is 17.1. The van der Waals surface area contributed by atoms with Crippen LogP contribution in [0.25, 0.3) is 5.65 Å². The molecule has 0 saturated carbocycles. The van der Waals surface area contributed by atoms with Crippen molar-refractivity contribution in [3.63, 3.8) is 0 Å². The van der Waals surface area contributed by atoms with E-state index in [4.69, 9.17) is 0 Å². The van der Waals surface area contributed by atoms with E-state index in [0.717, 1.165) is 23.4 Å². The minimum atomic E-state index is -0.145. The number of hydrogen-bond acceptors (Lipinski definition) is 3. The van der Waals surface area contributed by atoms with Crippen molar-refractivity contribution in [3.05, 3.63) is 65.1 Å². The van der Waals surface area contributed by atoms with Crippen LogP contribution < -0.4 is 5.32 Å². The number of aromatic nitrogens is 3. The molecule has 5 nitrogen and oxygen atoms in total. The highest BCUT2D eigenvalue weighted by Crippen LogP contribution is 2.18. The fourth-order valence-electron chi connectivity index (χ4n) is 2.77. The first-order valence-corrected chi connectivity index (χ1v) is 7.78. The van der Waals surface area contributed by atoms with Gasteiger partial charge in [0, 0.05) is 11.4 Å². The summed E-state index contributed by atoms with van der Waals surface area (Å²) < 4.78 is 1.70. The number of carbonyl (C=O) groups is 1. The van der Waals surface area contributed by atoms with Crippen LogP contribution in [0.3, 0.4) is 0 Å². The summed E-state index contributed by atoms with van der Waals surface area (Å²) in [5.74, 6) is -0.145. The lowest BCUT2D eigenvalue weighted by atomic mass is 10.0. The van der Waals surface area contributed by atoms with Gasteiger partial charge >= 0.3 is 0 Å². The third kappa shape index (κ3) is 2.95. The summed E-state index contributed by atoms with van der Waals surface area (Å²) in [6.45, 7) is 5.93. The minimum absolute atomic E-state index is 0.0236. The highest BCUT2D eigenvalue weighted by Gasteiger charge is 2.19. The molecule has 0 aliphatic rings. The Bertz CT molecular complexity index is 839. The summed E-state index contributed by atoms with van der Waals surface area (Å²) in [6.07, 6.45) is 2.41. The molecule has 2 heterocycles. The standard InChI is InChI=1S/C18H20N4O/c1-4-16(14-8-6-5-7-9-14)21-18(23)15-11-19-22-13(3)10-12(2)20-17(15)22/h5-11,16H,4H2,1-3H3,(H,21,23). The number of nitrogens with one attached hydrogen (secondary N) is 1. The van der Waals surface area contributed by atoms with E-state index in [1.54, 1.807) is 10.7 Å². The zero-order valence-corrected chi connectivity index (χ0v) is 13.6. The van der Waals surface area contributed by atoms with E-state index in [0.29, 0.717) is 11.2 Å². The van der Waals surface area contributed by atoms with E-state index >= 15 is 0 Å². The van der Waals surface area contributed by atoms with Crippen LogP contribution >= 0.6 is 0 Å². The molecule has 118 valence electrons. The first kappa shape index (κ1) is 15.2. The lowest BCUT2D eigenvalue weighted by Gasteiger charge is -2.17. The molecular weight excluding hydrogens is 288 g/mol. The maximum atomic E-state index is 12.7. The van der Waals surface area contributed by atoms with Crippen LogP contribution in [0.1, 0.15) is 46.7 Å². The predicted molar refractivity (Wildman–Crippen MR) is 89.4 cm³/mol. The number of fused-ring (bicyclic) bond motifs is 1. The van der Waals surface area contributed by atoms with Crippen LogP contribution in [0.5, 0.6) is 0 Å². The number of carbonyl (C=O) groups excluding carboxylic acids is 1. The van der Waals surface area contributed by atoms with Crippen LogP contribution in [0.2, 0.25) is 0 Å². The van der Waals surface area contributed by atoms with Gasteiger partial charge in [0.25, 0.3) is 5.91 Å². The fourth-order valence-corrected chi connectivity index (χ4v) is 2.77. The van der Waals surface area contributed by atoms with Gasteiger partial charge in [-0.3, -0.25) is 4.79 Å². The molecule has 1 amide bonds. The van der Waals surface area contributed by atoms with Crippen LogP contribution in [0.15, 0.2) is 42.6 Å². The normalized spacial score (nSPS) is 12.3. The van der Waals surface area contributed by atoms with E-state index in [1.807, 2.05) is 50.2 Å². The van der Waals surface area contributed by atoms with Gasteiger partial charge in [0.15, 0.2) is 5.65 Å². The number of aryl methyl sites for hydroxylation is 2. The quantitative estimate of drug-likeness (QED) is 0.805. The van der Waals surface area contributed by atoms with E-state index in [9.17, 15) is 4.79 Å². The maximum Gasteiger partial charge on any atom is 0.257 e. The number of benzene rings is 1. The molecule has 0 aliphatic heterocycles.